The molecule has 1 aliphatic heterocycles. The van der Waals surface area contributed by atoms with Crippen LogP contribution >= 0.6 is 0 Å². The molecule has 0 aromatic heterocycles. The summed E-state index contributed by atoms with van der Waals surface area (Å²) < 4.78 is 0. The topological polar surface area (TPSA) is 15.3 Å². The standard InChI is InChI=1S/C11H22N2/c1-10(2)9-13-6-4-11(5-7-13)8-12-3/h11-12H,1,4-9H2,2-3H3. The summed E-state index contributed by atoms with van der Waals surface area (Å²) >= 11 is 0. The number of nitrogens with one attached hydrogen (secondary N) is 1. The van der Waals surface area contributed by atoms with Crippen LogP contribution in [0.3, 0.4) is 0 Å². The molecule has 0 aliphatic carbocycles. The lowest BCUT2D eigenvalue weighted by Gasteiger charge is -2.31. The zero-order valence-corrected chi connectivity index (χ0v) is 8.97. The van der Waals surface area contributed by atoms with Crippen molar-refractivity contribution in [2.45, 2.75) is 19.8 Å². The molecule has 0 radical (unpaired) electrons. The zero-order chi connectivity index (χ0) is 9.68. The Morgan fingerprint density at radius 3 is 2.54 bits per heavy atom. The van der Waals surface area contributed by atoms with Crippen LogP contribution in [-0.2, 0) is 0 Å². The third-order valence-corrected chi connectivity index (χ3v) is 2.69. The van der Waals surface area contributed by atoms with Gasteiger partial charge in [0.25, 0.3) is 0 Å². The maximum absolute atomic E-state index is 3.95. The van der Waals surface area contributed by atoms with Gasteiger partial charge in [-0.15, -0.1) is 0 Å². The minimum absolute atomic E-state index is 0.895. The highest BCUT2D eigenvalue weighted by Gasteiger charge is 2.17. The highest BCUT2D eigenvalue weighted by atomic mass is 15.1. The molecule has 1 fully saturated rings. The first kappa shape index (κ1) is 10.7. The molecule has 0 bridgehead atoms. The molecule has 0 aromatic carbocycles. The van der Waals surface area contributed by atoms with E-state index in [0.29, 0.717) is 0 Å². The van der Waals surface area contributed by atoms with E-state index in [1.165, 1.54) is 38.0 Å². The first-order valence-electron chi connectivity index (χ1n) is 5.23. The molecule has 1 N–H and O–H groups in total. The Hall–Kier alpha value is -0.340. The van der Waals surface area contributed by atoms with E-state index in [2.05, 4.69) is 23.7 Å². The van der Waals surface area contributed by atoms with Gasteiger partial charge in [0.1, 0.15) is 0 Å². The summed E-state index contributed by atoms with van der Waals surface area (Å²) in [4.78, 5) is 2.51. The van der Waals surface area contributed by atoms with E-state index in [-0.39, 0.29) is 0 Å². The minimum atomic E-state index is 0.895. The maximum atomic E-state index is 3.95. The molecule has 0 amide bonds. The molecule has 0 atom stereocenters. The summed E-state index contributed by atoms with van der Waals surface area (Å²) in [5.41, 5.74) is 1.28. The second-order valence-electron chi connectivity index (χ2n) is 4.23. The van der Waals surface area contributed by atoms with Gasteiger partial charge in [-0.25, -0.2) is 0 Å². The molecule has 1 saturated heterocycles. The Balaban J connectivity index is 2.18. The molecule has 0 aromatic rings. The van der Waals surface area contributed by atoms with Crippen molar-refractivity contribution in [2.75, 3.05) is 33.2 Å². The second-order valence-corrected chi connectivity index (χ2v) is 4.23. The average Bonchev–Trinajstić information content (AvgIpc) is 2.08. The predicted molar refractivity (Wildman–Crippen MR) is 57.9 cm³/mol. The van der Waals surface area contributed by atoms with Crippen molar-refractivity contribution in [2.24, 2.45) is 5.92 Å². The normalized spacial score (nSPS) is 20.5. The number of hydrogen-bond acceptors (Lipinski definition) is 2. The fourth-order valence-electron chi connectivity index (χ4n) is 2.02. The zero-order valence-electron chi connectivity index (χ0n) is 8.97. The maximum Gasteiger partial charge on any atom is 0.0187 e. The van der Waals surface area contributed by atoms with Crippen molar-refractivity contribution in [1.82, 2.24) is 10.2 Å². The Bertz CT molecular complexity index is 157. The molecule has 0 unspecified atom stereocenters. The van der Waals surface area contributed by atoms with E-state index in [4.69, 9.17) is 0 Å². The van der Waals surface area contributed by atoms with Crippen molar-refractivity contribution in [3.63, 3.8) is 0 Å². The van der Waals surface area contributed by atoms with Crippen LogP contribution in [0.5, 0.6) is 0 Å². The summed E-state index contributed by atoms with van der Waals surface area (Å²) in [6, 6.07) is 0. The van der Waals surface area contributed by atoms with E-state index in [0.717, 1.165) is 12.5 Å². The van der Waals surface area contributed by atoms with Crippen molar-refractivity contribution in [1.29, 1.82) is 0 Å². The van der Waals surface area contributed by atoms with Crippen LogP contribution in [0, 0.1) is 5.92 Å². The summed E-state index contributed by atoms with van der Waals surface area (Å²) in [5, 5.41) is 3.26. The van der Waals surface area contributed by atoms with Crippen LogP contribution in [0.15, 0.2) is 12.2 Å². The van der Waals surface area contributed by atoms with Gasteiger partial charge >= 0.3 is 0 Å². The van der Waals surface area contributed by atoms with Gasteiger partial charge in [-0.1, -0.05) is 12.2 Å². The Morgan fingerprint density at radius 1 is 1.46 bits per heavy atom. The molecule has 76 valence electrons. The fourth-order valence-corrected chi connectivity index (χ4v) is 2.02. The lowest BCUT2D eigenvalue weighted by Crippen LogP contribution is -2.37. The van der Waals surface area contributed by atoms with Gasteiger partial charge in [-0.2, -0.15) is 0 Å². The molecule has 0 spiro atoms. The number of rotatable bonds is 4. The molecule has 2 heteroatoms. The van der Waals surface area contributed by atoms with Crippen LogP contribution in [0.2, 0.25) is 0 Å². The van der Waals surface area contributed by atoms with E-state index >= 15 is 0 Å². The quantitative estimate of drug-likeness (QED) is 0.663. The van der Waals surface area contributed by atoms with Gasteiger partial charge in [0, 0.05) is 6.54 Å². The first-order valence-corrected chi connectivity index (χ1v) is 5.23. The lowest BCUT2D eigenvalue weighted by molar-refractivity contribution is 0.196. The van der Waals surface area contributed by atoms with Gasteiger partial charge in [0.05, 0.1) is 0 Å². The van der Waals surface area contributed by atoms with E-state index < -0.39 is 0 Å². The van der Waals surface area contributed by atoms with Crippen molar-refractivity contribution in [3.05, 3.63) is 12.2 Å². The van der Waals surface area contributed by atoms with Crippen molar-refractivity contribution in [3.8, 4) is 0 Å². The van der Waals surface area contributed by atoms with E-state index in [1.807, 2.05) is 7.05 Å². The first-order chi connectivity index (χ1) is 6.22. The monoisotopic (exact) mass is 182 g/mol. The highest BCUT2D eigenvalue weighted by Crippen LogP contribution is 2.16. The van der Waals surface area contributed by atoms with E-state index in [9.17, 15) is 0 Å². The average molecular weight is 182 g/mol. The van der Waals surface area contributed by atoms with Crippen LogP contribution < -0.4 is 5.32 Å². The molecule has 13 heavy (non-hydrogen) atoms. The predicted octanol–water partition coefficient (Wildman–Crippen LogP) is 1.49. The van der Waals surface area contributed by atoms with Crippen LogP contribution in [0.4, 0.5) is 0 Å². The molecule has 1 rings (SSSR count). The Kier molecular flexibility index (Phi) is 4.46. The lowest BCUT2D eigenvalue weighted by atomic mass is 9.96. The van der Waals surface area contributed by atoms with Crippen LogP contribution in [0.25, 0.3) is 0 Å². The summed E-state index contributed by atoms with van der Waals surface area (Å²) in [6.45, 7) is 10.8. The van der Waals surface area contributed by atoms with Crippen LogP contribution in [-0.4, -0.2) is 38.1 Å². The molecular weight excluding hydrogens is 160 g/mol. The van der Waals surface area contributed by atoms with Gasteiger partial charge in [0.15, 0.2) is 0 Å². The molecule has 1 aliphatic rings. The molecular formula is C11H22N2. The molecule has 2 nitrogen and oxygen atoms in total. The third kappa shape index (κ3) is 3.92. The number of likely N-dealkylation sites (tertiary alicyclic amines) is 1. The van der Waals surface area contributed by atoms with E-state index in [1.54, 1.807) is 0 Å². The van der Waals surface area contributed by atoms with Gasteiger partial charge in [0.2, 0.25) is 0 Å². The molecule has 0 saturated carbocycles. The highest BCUT2D eigenvalue weighted by molar-refractivity contribution is 4.92. The fraction of sp³-hybridized carbons (Fsp3) is 0.818. The smallest absolute Gasteiger partial charge is 0.0187 e. The van der Waals surface area contributed by atoms with Gasteiger partial charge in [-0.3, -0.25) is 4.90 Å². The summed E-state index contributed by atoms with van der Waals surface area (Å²) in [7, 11) is 2.04. The SMILES string of the molecule is C=C(C)CN1CCC(CNC)CC1. The summed E-state index contributed by atoms with van der Waals surface area (Å²) in [6.07, 6.45) is 2.68. The van der Waals surface area contributed by atoms with Crippen LogP contribution in [0.1, 0.15) is 19.8 Å². The Labute approximate surface area is 82.0 Å². The number of nitrogens with zero attached hydrogens (tertiary/aromatic N) is 1. The summed E-state index contributed by atoms with van der Waals surface area (Å²) in [5.74, 6) is 0.895. The number of hydrogen-bond donors (Lipinski definition) is 1. The van der Waals surface area contributed by atoms with Gasteiger partial charge in [-0.05, 0) is 52.4 Å². The number of piperidine rings is 1. The minimum Gasteiger partial charge on any atom is -0.319 e. The largest absolute Gasteiger partial charge is 0.319 e. The Morgan fingerprint density at radius 2 is 2.08 bits per heavy atom. The second kappa shape index (κ2) is 5.40. The molecule has 1 heterocycles. The van der Waals surface area contributed by atoms with Crippen molar-refractivity contribution >= 4 is 0 Å². The third-order valence-electron chi connectivity index (χ3n) is 2.69. The van der Waals surface area contributed by atoms with Crippen molar-refractivity contribution < 1.29 is 0 Å². The van der Waals surface area contributed by atoms with Gasteiger partial charge < -0.3 is 5.32 Å².